The molecule has 2 aromatic carbocycles. The Balaban J connectivity index is 2.02. The predicted octanol–water partition coefficient (Wildman–Crippen LogP) is 10.4. The molecule has 2 aliphatic carbocycles. The Hall–Kier alpha value is -1.33. The summed E-state index contributed by atoms with van der Waals surface area (Å²) in [5.74, 6) is 0. The van der Waals surface area contributed by atoms with Crippen molar-refractivity contribution < 1.29 is 21.3 Å². The van der Waals surface area contributed by atoms with Crippen LogP contribution in [0.15, 0.2) is 57.9 Å². The Morgan fingerprint density at radius 3 is 1.67 bits per heavy atom. The number of benzene rings is 2. The molecule has 2 aliphatic rings. The first-order chi connectivity index (χ1) is 17.1. The Morgan fingerprint density at radius 2 is 1.28 bits per heavy atom. The maximum atomic E-state index is 2.62. The van der Waals surface area contributed by atoms with Gasteiger partial charge in [-0.05, 0) is 0 Å². The molecule has 2 aromatic rings. The molecule has 0 radical (unpaired) electrons. The zero-order valence-corrected chi connectivity index (χ0v) is 26.7. The van der Waals surface area contributed by atoms with Gasteiger partial charge < -0.3 is 0 Å². The molecule has 0 unspecified atom stereocenters. The first-order valence-corrected chi connectivity index (χ1v) is 18.3. The van der Waals surface area contributed by atoms with E-state index in [1.165, 1.54) is 67.2 Å². The SMILES string of the molecule is CCCC[C](CCCC)=[Zr]([C]1=CC=CC1)[CH]1c2cc(C(C)(C)C)ccc2-c2ccc(C(C)(C)C)cc21. The number of hydrogen-bond donors (Lipinski definition) is 0. The van der Waals surface area contributed by atoms with Crippen LogP contribution < -0.4 is 0 Å². The fourth-order valence-electron chi connectivity index (χ4n) is 5.94. The first-order valence-electron chi connectivity index (χ1n) is 14.4. The van der Waals surface area contributed by atoms with Gasteiger partial charge in [-0.25, -0.2) is 0 Å². The molecule has 1 heteroatoms. The number of hydrogen-bond acceptors (Lipinski definition) is 0. The molecule has 0 spiro atoms. The second-order valence-corrected chi connectivity index (χ2v) is 19.9. The molecule has 0 atom stereocenters. The first kappa shape index (κ1) is 27.7. The number of allylic oxidation sites excluding steroid dienone is 4. The molecular weight excluding hydrogens is 512 g/mol. The summed E-state index contributed by atoms with van der Waals surface area (Å²) in [7, 11) is 0. The second-order valence-electron chi connectivity index (χ2n) is 13.1. The van der Waals surface area contributed by atoms with Crippen molar-refractivity contribution in [2.75, 3.05) is 0 Å². The van der Waals surface area contributed by atoms with Crippen molar-refractivity contribution in [3.8, 4) is 11.1 Å². The summed E-state index contributed by atoms with van der Waals surface area (Å²) < 4.78 is 4.42. The third-order valence-corrected chi connectivity index (χ3v) is 16.9. The zero-order valence-electron chi connectivity index (χ0n) is 24.2. The van der Waals surface area contributed by atoms with Gasteiger partial charge in [0.25, 0.3) is 0 Å². The molecule has 0 fully saturated rings. The quantitative estimate of drug-likeness (QED) is 0.302. The van der Waals surface area contributed by atoms with Crippen LogP contribution >= 0.6 is 0 Å². The molecule has 0 bridgehead atoms. The molecule has 0 saturated heterocycles. The summed E-state index contributed by atoms with van der Waals surface area (Å²) in [4.78, 5) is 0. The Labute approximate surface area is 229 Å². The van der Waals surface area contributed by atoms with Gasteiger partial charge in [0.1, 0.15) is 0 Å². The van der Waals surface area contributed by atoms with Crippen LogP contribution in [0.25, 0.3) is 11.1 Å². The third kappa shape index (κ3) is 5.72. The standard InChI is InChI=1S/C21H25.C9H18.C5H5.Zr/c1-20(2,3)16-7-9-18-14(12-16)11-15-13-17(21(4,5)6)8-10-19(15)18;1-3-5-7-9-8-6-4-2;1-2-4-5-3-1;/h7-13H,1-6H3;3-8H2,1-2H3;1-3H,4H2;. The van der Waals surface area contributed by atoms with E-state index >= 15 is 0 Å². The monoisotopic (exact) mass is 558 g/mol. The van der Waals surface area contributed by atoms with Crippen LogP contribution in [0.2, 0.25) is 0 Å². The van der Waals surface area contributed by atoms with Crippen LogP contribution in [0.1, 0.15) is 126 Å². The summed E-state index contributed by atoms with van der Waals surface area (Å²) >= 11 is -2.22. The van der Waals surface area contributed by atoms with E-state index in [1.54, 1.807) is 11.1 Å². The topological polar surface area (TPSA) is 0 Å². The van der Waals surface area contributed by atoms with Gasteiger partial charge in [0.15, 0.2) is 0 Å². The Morgan fingerprint density at radius 1 is 0.778 bits per heavy atom. The summed E-state index contributed by atoms with van der Waals surface area (Å²) in [5.41, 5.74) is 9.63. The molecule has 4 rings (SSSR count). The molecule has 0 aromatic heterocycles. The van der Waals surface area contributed by atoms with Gasteiger partial charge in [-0.2, -0.15) is 0 Å². The van der Waals surface area contributed by atoms with Crippen molar-refractivity contribution in [2.45, 2.75) is 115 Å². The van der Waals surface area contributed by atoms with E-state index in [0.29, 0.717) is 3.63 Å². The summed E-state index contributed by atoms with van der Waals surface area (Å²) in [6.45, 7) is 18.9. The van der Waals surface area contributed by atoms with E-state index in [4.69, 9.17) is 0 Å². The van der Waals surface area contributed by atoms with E-state index in [1.807, 2.05) is 6.49 Å². The zero-order chi connectivity index (χ0) is 26.1. The van der Waals surface area contributed by atoms with E-state index in [2.05, 4.69) is 110 Å². The molecule has 0 amide bonds. The van der Waals surface area contributed by atoms with Gasteiger partial charge in [-0.15, -0.1) is 0 Å². The van der Waals surface area contributed by atoms with Gasteiger partial charge in [0, 0.05) is 0 Å². The molecule has 36 heavy (non-hydrogen) atoms. The van der Waals surface area contributed by atoms with Crippen LogP contribution in [0, 0.1) is 0 Å². The van der Waals surface area contributed by atoms with Crippen LogP contribution in [-0.2, 0) is 32.1 Å². The number of unbranched alkanes of at least 4 members (excludes halogenated alkanes) is 2. The molecule has 0 aliphatic heterocycles. The van der Waals surface area contributed by atoms with E-state index < -0.39 is 21.3 Å². The van der Waals surface area contributed by atoms with E-state index in [0.717, 1.165) is 0 Å². The summed E-state index contributed by atoms with van der Waals surface area (Å²) in [6, 6.07) is 15.0. The van der Waals surface area contributed by atoms with Gasteiger partial charge in [0.05, 0.1) is 0 Å². The average Bonchev–Trinajstić information content (AvgIpc) is 3.46. The van der Waals surface area contributed by atoms with E-state index in [-0.39, 0.29) is 10.8 Å². The molecule has 0 nitrogen and oxygen atoms in total. The number of rotatable bonds is 8. The molecule has 0 heterocycles. The van der Waals surface area contributed by atoms with E-state index in [9.17, 15) is 0 Å². The van der Waals surface area contributed by atoms with Gasteiger partial charge in [0.2, 0.25) is 0 Å². The van der Waals surface area contributed by atoms with Crippen LogP contribution in [-0.4, -0.2) is 3.21 Å². The molecule has 0 saturated carbocycles. The van der Waals surface area contributed by atoms with Crippen LogP contribution in [0.5, 0.6) is 0 Å². The summed E-state index contributed by atoms with van der Waals surface area (Å²) in [6.07, 6.45) is 16.5. The van der Waals surface area contributed by atoms with Crippen LogP contribution in [0.4, 0.5) is 0 Å². The Kier molecular flexibility index (Phi) is 8.61. The van der Waals surface area contributed by atoms with Crippen molar-refractivity contribution in [2.24, 2.45) is 0 Å². The predicted molar refractivity (Wildman–Crippen MR) is 157 cm³/mol. The average molecular weight is 560 g/mol. The Bertz CT molecular complexity index is 1120. The second kappa shape index (κ2) is 11.2. The minimum atomic E-state index is -2.22. The van der Waals surface area contributed by atoms with Crippen molar-refractivity contribution >= 4 is 3.21 Å². The normalized spacial score (nSPS) is 15.2. The maximum absolute atomic E-state index is 2.62. The van der Waals surface area contributed by atoms with Crippen molar-refractivity contribution in [1.82, 2.24) is 0 Å². The molecule has 0 N–H and O–H groups in total. The van der Waals surface area contributed by atoms with Crippen molar-refractivity contribution in [3.05, 3.63) is 80.2 Å². The minimum absolute atomic E-state index is 0.166. The van der Waals surface area contributed by atoms with Crippen molar-refractivity contribution in [3.63, 3.8) is 0 Å². The van der Waals surface area contributed by atoms with Gasteiger partial charge >= 0.3 is 231 Å². The summed E-state index contributed by atoms with van der Waals surface area (Å²) in [5, 5.41) is 0. The fraction of sp³-hybridized carbons (Fsp3) is 0.514. The van der Waals surface area contributed by atoms with Gasteiger partial charge in [-0.1, -0.05) is 0 Å². The number of fused-ring (bicyclic) bond motifs is 3. The van der Waals surface area contributed by atoms with Gasteiger partial charge in [-0.3, -0.25) is 0 Å². The van der Waals surface area contributed by atoms with Crippen LogP contribution in [0.3, 0.4) is 0 Å². The molecule has 192 valence electrons. The van der Waals surface area contributed by atoms with Crippen molar-refractivity contribution in [1.29, 1.82) is 0 Å². The molecular formula is C35H48Zr. The third-order valence-electron chi connectivity index (χ3n) is 8.20. The fourth-order valence-corrected chi connectivity index (χ4v) is 15.4.